The van der Waals surface area contributed by atoms with Crippen molar-refractivity contribution in [3.05, 3.63) is 83.9 Å². The smallest absolute Gasteiger partial charge is 0.339 e. The molecule has 6 rings (SSSR count). The van der Waals surface area contributed by atoms with Crippen LogP contribution in [0, 0.1) is 5.41 Å². The molecule has 0 radical (unpaired) electrons. The van der Waals surface area contributed by atoms with Crippen LogP contribution in [0.4, 0.5) is 18.9 Å². The number of H-pyrrole nitrogens is 1. The molecule has 194 valence electrons. The van der Waals surface area contributed by atoms with Crippen molar-refractivity contribution in [2.24, 2.45) is 5.41 Å². The second-order valence-electron chi connectivity index (χ2n) is 10.2. The zero-order valence-electron chi connectivity index (χ0n) is 20.5. The van der Waals surface area contributed by atoms with Gasteiger partial charge in [0.05, 0.1) is 16.6 Å². The third kappa shape index (κ3) is 4.42. The number of aromatic amines is 1. The van der Waals surface area contributed by atoms with Gasteiger partial charge in [-0.1, -0.05) is 30.3 Å². The number of nitrogens with zero attached hydrogens (tertiary/aromatic N) is 3. The summed E-state index contributed by atoms with van der Waals surface area (Å²) in [7, 11) is 0. The second kappa shape index (κ2) is 9.01. The van der Waals surface area contributed by atoms with E-state index >= 15 is 0 Å². The van der Waals surface area contributed by atoms with E-state index in [4.69, 9.17) is 0 Å². The minimum atomic E-state index is -4.42. The molecule has 2 aliphatic rings. The van der Waals surface area contributed by atoms with Crippen molar-refractivity contribution in [1.82, 2.24) is 14.9 Å². The van der Waals surface area contributed by atoms with Crippen molar-refractivity contribution in [2.75, 3.05) is 24.5 Å². The number of anilines is 1. The quantitative estimate of drug-likeness (QED) is 0.367. The number of carbonyl (C=O) groups is 2. The molecule has 0 aliphatic carbocycles. The van der Waals surface area contributed by atoms with E-state index in [9.17, 15) is 22.8 Å². The molecule has 1 aromatic heterocycles. The number of piperidine rings is 1. The minimum Gasteiger partial charge on any atom is -0.339 e. The Bertz CT molecular complexity index is 1500. The Kier molecular flexibility index (Phi) is 5.74. The van der Waals surface area contributed by atoms with Gasteiger partial charge in [0.25, 0.3) is 5.91 Å². The monoisotopic (exact) mass is 518 g/mol. The Hall–Kier alpha value is -4.14. The summed E-state index contributed by atoms with van der Waals surface area (Å²) < 4.78 is 38.7. The van der Waals surface area contributed by atoms with Gasteiger partial charge in [0.15, 0.2) is 0 Å². The molecular formula is C29H25F3N4O2. The molecular weight excluding hydrogens is 493 g/mol. The van der Waals surface area contributed by atoms with Crippen LogP contribution in [0.2, 0.25) is 0 Å². The van der Waals surface area contributed by atoms with Crippen LogP contribution in [0.5, 0.6) is 0 Å². The second-order valence-corrected chi connectivity index (χ2v) is 10.2. The summed E-state index contributed by atoms with van der Waals surface area (Å²) in [5.74, 6) is 0.582. The lowest BCUT2D eigenvalue weighted by Gasteiger charge is -2.38. The molecule has 38 heavy (non-hydrogen) atoms. The third-order valence-corrected chi connectivity index (χ3v) is 7.71. The van der Waals surface area contributed by atoms with Gasteiger partial charge in [0, 0.05) is 48.3 Å². The van der Waals surface area contributed by atoms with Crippen LogP contribution >= 0.6 is 0 Å². The van der Waals surface area contributed by atoms with E-state index < -0.39 is 11.7 Å². The van der Waals surface area contributed by atoms with Crippen LogP contribution in [0.25, 0.3) is 22.4 Å². The summed E-state index contributed by atoms with van der Waals surface area (Å²) in [6.07, 6.45) is -2.77. The number of halogens is 3. The summed E-state index contributed by atoms with van der Waals surface area (Å²) >= 11 is 0. The van der Waals surface area contributed by atoms with E-state index in [-0.39, 0.29) is 17.2 Å². The summed E-state index contributed by atoms with van der Waals surface area (Å²) in [5, 5.41) is 0. The van der Waals surface area contributed by atoms with Gasteiger partial charge in [-0.3, -0.25) is 9.59 Å². The Labute approximate surface area is 217 Å². The Morgan fingerprint density at radius 3 is 2.34 bits per heavy atom. The van der Waals surface area contributed by atoms with Crippen LogP contribution in [-0.4, -0.2) is 46.3 Å². The van der Waals surface area contributed by atoms with Crippen molar-refractivity contribution in [2.45, 2.75) is 25.4 Å². The predicted octanol–water partition coefficient (Wildman–Crippen LogP) is 5.91. The van der Waals surface area contributed by atoms with E-state index in [1.165, 1.54) is 12.1 Å². The van der Waals surface area contributed by atoms with Crippen molar-refractivity contribution >= 4 is 28.5 Å². The van der Waals surface area contributed by atoms with E-state index in [0.717, 1.165) is 34.6 Å². The number of hydrogen-bond acceptors (Lipinski definition) is 3. The first-order valence-electron chi connectivity index (χ1n) is 12.5. The SMILES string of the molecule is O=C(c1ccc2nc(-c3ccccc3)[nH]c2c1)N1CCC2(CC1)CC(=O)N(c1ccc(C(F)(F)F)cc1)C2. The number of imidazole rings is 1. The number of hydrogen-bond donors (Lipinski definition) is 1. The molecule has 3 aromatic carbocycles. The number of amides is 2. The lowest BCUT2D eigenvalue weighted by molar-refractivity contribution is -0.137. The first kappa shape index (κ1) is 24.2. The number of rotatable bonds is 3. The molecule has 2 amide bonds. The average Bonchev–Trinajstić information content (AvgIpc) is 3.49. The largest absolute Gasteiger partial charge is 0.416 e. The molecule has 3 heterocycles. The zero-order chi connectivity index (χ0) is 26.5. The van der Waals surface area contributed by atoms with Gasteiger partial charge >= 0.3 is 6.18 Å². The lowest BCUT2D eigenvalue weighted by atomic mass is 9.77. The minimum absolute atomic E-state index is 0.0680. The third-order valence-electron chi connectivity index (χ3n) is 7.71. The molecule has 6 nitrogen and oxygen atoms in total. The maximum Gasteiger partial charge on any atom is 0.416 e. The van der Waals surface area contributed by atoms with E-state index in [1.807, 2.05) is 47.4 Å². The van der Waals surface area contributed by atoms with Gasteiger partial charge < -0.3 is 14.8 Å². The Morgan fingerprint density at radius 1 is 0.947 bits per heavy atom. The summed E-state index contributed by atoms with van der Waals surface area (Å²) in [5.41, 5.74) is 2.57. The molecule has 2 aliphatic heterocycles. The first-order chi connectivity index (χ1) is 18.2. The van der Waals surface area contributed by atoms with Gasteiger partial charge in [-0.15, -0.1) is 0 Å². The highest BCUT2D eigenvalue weighted by Gasteiger charge is 2.46. The standard InChI is InChI=1S/C29H25F3N4O2/c30-29(31,32)21-7-9-22(10-8-21)36-18-28(17-25(36)37)12-14-35(15-13-28)27(38)20-6-11-23-24(16-20)34-26(33-23)19-4-2-1-3-5-19/h1-11,16H,12-15,17-18H2,(H,33,34). The van der Waals surface area contributed by atoms with Gasteiger partial charge in [-0.25, -0.2) is 4.98 Å². The topological polar surface area (TPSA) is 69.3 Å². The molecule has 0 saturated carbocycles. The highest BCUT2D eigenvalue weighted by Crippen LogP contribution is 2.43. The van der Waals surface area contributed by atoms with Crippen LogP contribution in [0.15, 0.2) is 72.8 Å². The number of aromatic nitrogens is 2. The molecule has 0 bridgehead atoms. The number of alkyl halides is 3. The maximum atomic E-state index is 13.3. The first-order valence-corrected chi connectivity index (χ1v) is 12.5. The molecule has 2 saturated heterocycles. The molecule has 0 atom stereocenters. The number of benzene rings is 3. The molecule has 0 unspecified atom stereocenters. The van der Waals surface area contributed by atoms with E-state index in [0.29, 0.717) is 50.1 Å². The molecule has 2 fully saturated rings. The number of fused-ring (bicyclic) bond motifs is 1. The normalized spacial score (nSPS) is 17.5. The number of likely N-dealkylation sites (tertiary alicyclic amines) is 1. The highest BCUT2D eigenvalue weighted by molar-refractivity contribution is 5.98. The number of carbonyl (C=O) groups excluding carboxylic acids is 2. The van der Waals surface area contributed by atoms with Crippen molar-refractivity contribution in [3.63, 3.8) is 0 Å². The maximum absolute atomic E-state index is 13.3. The zero-order valence-corrected chi connectivity index (χ0v) is 20.5. The fourth-order valence-electron chi connectivity index (χ4n) is 5.54. The van der Waals surface area contributed by atoms with Crippen molar-refractivity contribution < 1.29 is 22.8 Å². The molecule has 1 N–H and O–H groups in total. The average molecular weight is 519 g/mol. The fraction of sp³-hybridized carbons (Fsp3) is 0.276. The predicted molar refractivity (Wildman–Crippen MR) is 138 cm³/mol. The Morgan fingerprint density at radius 2 is 1.66 bits per heavy atom. The van der Waals surface area contributed by atoms with Gasteiger partial charge in [-0.2, -0.15) is 13.2 Å². The Balaban J connectivity index is 1.13. The van der Waals surface area contributed by atoms with Crippen molar-refractivity contribution in [3.8, 4) is 11.4 Å². The van der Waals surface area contributed by atoms with E-state index in [2.05, 4.69) is 9.97 Å². The van der Waals surface area contributed by atoms with Crippen molar-refractivity contribution in [1.29, 1.82) is 0 Å². The highest BCUT2D eigenvalue weighted by atomic mass is 19.4. The number of nitrogens with one attached hydrogen (secondary N) is 1. The van der Waals surface area contributed by atoms with Crippen LogP contribution in [0.3, 0.4) is 0 Å². The van der Waals surface area contributed by atoms with Crippen LogP contribution in [0.1, 0.15) is 35.2 Å². The molecule has 1 spiro atoms. The summed E-state index contributed by atoms with van der Waals surface area (Å²) in [6.45, 7) is 1.48. The lowest BCUT2D eigenvalue weighted by Crippen LogP contribution is -2.44. The van der Waals surface area contributed by atoms with Gasteiger partial charge in [-0.05, 0) is 55.3 Å². The fourth-order valence-corrected chi connectivity index (χ4v) is 5.54. The van der Waals surface area contributed by atoms with E-state index in [1.54, 1.807) is 11.0 Å². The molecule has 9 heteroatoms. The molecule has 4 aromatic rings. The van der Waals surface area contributed by atoms with Crippen LogP contribution in [-0.2, 0) is 11.0 Å². The van der Waals surface area contributed by atoms with Gasteiger partial charge in [0.1, 0.15) is 5.82 Å². The summed E-state index contributed by atoms with van der Waals surface area (Å²) in [4.78, 5) is 37.4. The van der Waals surface area contributed by atoms with Crippen LogP contribution < -0.4 is 4.90 Å². The van der Waals surface area contributed by atoms with Gasteiger partial charge in [0.2, 0.25) is 5.91 Å². The summed E-state index contributed by atoms with van der Waals surface area (Å²) in [6, 6.07) is 20.0.